The summed E-state index contributed by atoms with van der Waals surface area (Å²) in [5.41, 5.74) is 7.85. The summed E-state index contributed by atoms with van der Waals surface area (Å²) in [5, 5.41) is 2.83. The minimum absolute atomic E-state index is 0.0355. The molecule has 0 fully saturated rings. The Morgan fingerprint density at radius 2 is 1.70 bits per heavy atom. The maximum atomic E-state index is 12.2. The van der Waals surface area contributed by atoms with Crippen molar-refractivity contribution in [1.82, 2.24) is 0 Å². The van der Waals surface area contributed by atoms with E-state index in [0.29, 0.717) is 0 Å². The summed E-state index contributed by atoms with van der Waals surface area (Å²) in [6, 6.07) is 16.7. The number of rotatable bonds is 4. The molecule has 3 nitrogen and oxygen atoms in total. The van der Waals surface area contributed by atoms with E-state index in [4.69, 9.17) is 5.73 Å². The van der Waals surface area contributed by atoms with Gasteiger partial charge < -0.3 is 11.1 Å². The number of nitrogens with one attached hydrogen (secondary N) is 1. The number of anilines is 1. The van der Waals surface area contributed by atoms with E-state index >= 15 is 0 Å². The van der Waals surface area contributed by atoms with E-state index in [0.717, 1.165) is 15.7 Å². The van der Waals surface area contributed by atoms with Crippen LogP contribution in [0, 0.1) is 0 Å². The van der Waals surface area contributed by atoms with E-state index in [1.165, 1.54) is 0 Å². The molecule has 2 aromatic carbocycles. The number of nitrogens with two attached hydrogens (primary N) is 1. The van der Waals surface area contributed by atoms with E-state index in [2.05, 4.69) is 21.2 Å². The molecule has 0 spiro atoms. The van der Waals surface area contributed by atoms with E-state index in [1.807, 2.05) is 61.5 Å². The maximum Gasteiger partial charge on any atom is 0.241 e. The molecule has 20 heavy (non-hydrogen) atoms. The molecule has 0 aliphatic rings. The van der Waals surface area contributed by atoms with Gasteiger partial charge >= 0.3 is 0 Å². The van der Waals surface area contributed by atoms with Crippen LogP contribution in [0.3, 0.4) is 0 Å². The van der Waals surface area contributed by atoms with Crippen LogP contribution in [0.4, 0.5) is 5.69 Å². The van der Waals surface area contributed by atoms with Crippen molar-refractivity contribution in [2.45, 2.75) is 18.9 Å². The van der Waals surface area contributed by atoms with Gasteiger partial charge in [-0.05, 0) is 29.8 Å². The van der Waals surface area contributed by atoms with E-state index in [1.54, 1.807) is 0 Å². The van der Waals surface area contributed by atoms with E-state index < -0.39 is 6.04 Å². The Labute approximate surface area is 127 Å². The molecular formula is C16H17BrN2O. The van der Waals surface area contributed by atoms with Gasteiger partial charge in [0.05, 0.1) is 6.04 Å². The van der Waals surface area contributed by atoms with E-state index in [9.17, 15) is 4.79 Å². The third-order valence-corrected chi connectivity index (χ3v) is 3.81. The molecule has 2 aromatic rings. The molecule has 0 bridgehead atoms. The second-order valence-electron chi connectivity index (χ2n) is 4.72. The van der Waals surface area contributed by atoms with Crippen LogP contribution in [0.25, 0.3) is 0 Å². The van der Waals surface area contributed by atoms with Gasteiger partial charge in [-0.3, -0.25) is 4.79 Å². The number of benzene rings is 2. The standard InChI is InChI=1S/C16H17BrN2O/c1-11(12-5-3-2-4-6-12)15(18)16(20)19-14-9-7-13(17)8-10-14/h2-11,15H,18H2,1H3,(H,19,20)/t11-,15-/m0/s1. The summed E-state index contributed by atoms with van der Waals surface area (Å²) in [7, 11) is 0. The summed E-state index contributed by atoms with van der Waals surface area (Å²) >= 11 is 3.36. The molecule has 0 radical (unpaired) electrons. The first-order valence-corrected chi connectivity index (χ1v) is 7.24. The molecular weight excluding hydrogens is 316 g/mol. The van der Waals surface area contributed by atoms with Crippen molar-refractivity contribution in [1.29, 1.82) is 0 Å². The number of amides is 1. The molecule has 2 rings (SSSR count). The average Bonchev–Trinajstić information content (AvgIpc) is 2.49. The largest absolute Gasteiger partial charge is 0.325 e. The molecule has 104 valence electrons. The molecule has 1 amide bonds. The van der Waals surface area contributed by atoms with Crippen molar-refractivity contribution in [2.24, 2.45) is 5.73 Å². The summed E-state index contributed by atoms with van der Waals surface area (Å²) in [6.45, 7) is 1.96. The lowest BCUT2D eigenvalue weighted by Gasteiger charge is -2.19. The average molecular weight is 333 g/mol. The van der Waals surface area contributed by atoms with Gasteiger partial charge in [0, 0.05) is 16.1 Å². The van der Waals surface area contributed by atoms with Crippen LogP contribution in [0.5, 0.6) is 0 Å². The van der Waals surface area contributed by atoms with E-state index in [-0.39, 0.29) is 11.8 Å². The van der Waals surface area contributed by atoms with Gasteiger partial charge in [0.2, 0.25) is 5.91 Å². The van der Waals surface area contributed by atoms with Crippen molar-refractivity contribution in [2.75, 3.05) is 5.32 Å². The van der Waals surface area contributed by atoms with Crippen LogP contribution in [-0.4, -0.2) is 11.9 Å². The van der Waals surface area contributed by atoms with Gasteiger partial charge in [0.1, 0.15) is 0 Å². The quantitative estimate of drug-likeness (QED) is 0.899. The second kappa shape index (κ2) is 6.68. The lowest BCUT2D eigenvalue weighted by Crippen LogP contribution is -2.39. The monoisotopic (exact) mass is 332 g/mol. The Hall–Kier alpha value is -1.65. The SMILES string of the molecule is C[C@@H](c1ccccc1)[C@H](N)C(=O)Nc1ccc(Br)cc1. The Balaban J connectivity index is 2.03. The normalized spacial score (nSPS) is 13.6. The molecule has 4 heteroatoms. The number of hydrogen-bond donors (Lipinski definition) is 2. The summed E-state index contributed by atoms with van der Waals surface area (Å²) in [5.74, 6) is -0.213. The molecule has 0 unspecified atom stereocenters. The van der Waals surface area contributed by atoms with Gasteiger partial charge in [-0.1, -0.05) is 53.2 Å². The molecule has 0 heterocycles. The van der Waals surface area contributed by atoms with Gasteiger partial charge in [-0.15, -0.1) is 0 Å². The minimum Gasteiger partial charge on any atom is -0.325 e. The molecule has 0 saturated carbocycles. The third-order valence-electron chi connectivity index (χ3n) is 3.28. The predicted molar refractivity (Wildman–Crippen MR) is 85.6 cm³/mol. The van der Waals surface area contributed by atoms with Crippen molar-refractivity contribution >= 4 is 27.5 Å². The van der Waals surface area contributed by atoms with Crippen molar-refractivity contribution < 1.29 is 4.79 Å². The molecule has 0 aliphatic carbocycles. The van der Waals surface area contributed by atoms with Crippen molar-refractivity contribution in [3.05, 3.63) is 64.6 Å². The highest BCUT2D eigenvalue weighted by atomic mass is 79.9. The molecule has 2 atom stereocenters. The van der Waals surface area contributed by atoms with Crippen molar-refractivity contribution in [3.63, 3.8) is 0 Å². The van der Waals surface area contributed by atoms with Gasteiger partial charge in [0.15, 0.2) is 0 Å². The van der Waals surface area contributed by atoms with Crippen LogP contribution in [0.1, 0.15) is 18.4 Å². The molecule has 3 N–H and O–H groups in total. The summed E-state index contributed by atoms with van der Waals surface area (Å²) in [6.07, 6.45) is 0. The first-order chi connectivity index (χ1) is 9.58. The number of carbonyl (C=O) groups is 1. The molecule has 0 aliphatic heterocycles. The highest BCUT2D eigenvalue weighted by Gasteiger charge is 2.22. The first kappa shape index (κ1) is 14.8. The van der Waals surface area contributed by atoms with Crippen LogP contribution < -0.4 is 11.1 Å². The Bertz CT molecular complexity index is 569. The Kier molecular flexibility index (Phi) is 4.93. The summed E-state index contributed by atoms with van der Waals surface area (Å²) < 4.78 is 0.970. The van der Waals surface area contributed by atoms with Crippen LogP contribution in [0.15, 0.2) is 59.1 Å². The highest BCUT2D eigenvalue weighted by molar-refractivity contribution is 9.10. The number of halogens is 1. The van der Waals surface area contributed by atoms with Gasteiger partial charge in [0.25, 0.3) is 0 Å². The first-order valence-electron chi connectivity index (χ1n) is 6.45. The van der Waals surface area contributed by atoms with Crippen molar-refractivity contribution in [3.8, 4) is 0 Å². The Morgan fingerprint density at radius 3 is 2.30 bits per heavy atom. The lowest BCUT2D eigenvalue weighted by molar-refractivity contribution is -0.117. The maximum absolute atomic E-state index is 12.2. The smallest absolute Gasteiger partial charge is 0.241 e. The zero-order valence-electron chi connectivity index (χ0n) is 11.2. The zero-order chi connectivity index (χ0) is 14.5. The fraction of sp³-hybridized carbons (Fsp3) is 0.188. The predicted octanol–water partition coefficient (Wildman–Crippen LogP) is 3.52. The third kappa shape index (κ3) is 3.68. The second-order valence-corrected chi connectivity index (χ2v) is 5.64. The van der Waals surface area contributed by atoms with Gasteiger partial charge in [-0.2, -0.15) is 0 Å². The highest BCUT2D eigenvalue weighted by Crippen LogP contribution is 2.19. The van der Waals surface area contributed by atoms with Crippen LogP contribution in [-0.2, 0) is 4.79 Å². The lowest BCUT2D eigenvalue weighted by atomic mass is 9.93. The molecule has 0 saturated heterocycles. The number of carbonyl (C=O) groups excluding carboxylic acids is 1. The Morgan fingerprint density at radius 1 is 1.10 bits per heavy atom. The topological polar surface area (TPSA) is 55.1 Å². The number of hydrogen-bond acceptors (Lipinski definition) is 2. The molecule has 0 aromatic heterocycles. The van der Waals surface area contributed by atoms with Crippen LogP contribution >= 0.6 is 15.9 Å². The fourth-order valence-electron chi connectivity index (χ4n) is 1.95. The van der Waals surface area contributed by atoms with Gasteiger partial charge in [-0.25, -0.2) is 0 Å². The minimum atomic E-state index is -0.582. The fourth-order valence-corrected chi connectivity index (χ4v) is 2.21. The summed E-state index contributed by atoms with van der Waals surface area (Å²) in [4.78, 5) is 12.2. The zero-order valence-corrected chi connectivity index (χ0v) is 12.8. The van der Waals surface area contributed by atoms with Crippen LogP contribution in [0.2, 0.25) is 0 Å².